The summed E-state index contributed by atoms with van der Waals surface area (Å²) < 4.78 is 0. The van der Waals surface area contributed by atoms with Gasteiger partial charge in [-0.2, -0.15) is 0 Å². The van der Waals surface area contributed by atoms with Crippen LogP contribution in [-0.4, -0.2) is 43.7 Å². The van der Waals surface area contributed by atoms with Crippen molar-refractivity contribution in [1.29, 1.82) is 0 Å². The van der Waals surface area contributed by atoms with Crippen LogP contribution < -0.4 is 11.1 Å². The fraction of sp³-hybridized carbons (Fsp3) is 1.00. The van der Waals surface area contributed by atoms with Gasteiger partial charge in [-0.3, -0.25) is 0 Å². The normalized spacial score (nSPS) is 27.9. The Bertz CT molecular complexity index is 147. The van der Waals surface area contributed by atoms with Gasteiger partial charge in [-0.1, -0.05) is 13.8 Å². The molecule has 3 heteroatoms. The SMILES string of the molecule is CC(C)CC(N)C1CN(C)CCN1. The van der Waals surface area contributed by atoms with Gasteiger partial charge in [-0.25, -0.2) is 0 Å². The molecule has 0 aromatic carbocycles. The Kier molecular flexibility index (Phi) is 4.16. The van der Waals surface area contributed by atoms with Crippen LogP contribution in [0.4, 0.5) is 0 Å². The monoisotopic (exact) mass is 185 g/mol. The van der Waals surface area contributed by atoms with E-state index >= 15 is 0 Å². The Hall–Kier alpha value is -0.120. The third-order valence-electron chi connectivity index (χ3n) is 2.67. The summed E-state index contributed by atoms with van der Waals surface area (Å²) in [7, 11) is 2.16. The average molecular weight is 185 g/mol. The predicted octanol–water partition coefficient (Wildman–Crippen LogP) is 0.263. The first-order valence-corrected chi connectivity index (χ1v) is 5.27. The lowest BCUT2D eigenvalue weighted by atomic mass is 9.97. The van der Waals surface area contributed by atoms with Crippen molar-refractivity contribution in [2.24, 2.45) is 11.7 Å². The zero-order chi connectivity index (χ0) is 9.84. The van der Waals surface area contributed by atoms with Crippen LogP contribution in [0.25, 0.3) is 0 Å². The summed E-state index contributed by atoms with van der Waals surface area (Å²) in [6.07, 6.45) is 1.12. The van der Waals surface area contributed by atoms with Crippen LogP contribution in [0.5, 0.6) is 0 Å². The van der Waals surface area contributed by atoms with Crippen molar-refractivity contribution in [2.75, 3.05) is 26.7 Å². The molecule has 1 saturated heterocycles. The molecule has 3 nitrogen and oxygen atoms in total. The second-order valence-corrected chi connectivity index (χ2v) is 4.62. The fourth-order valence-electron chi connectivity index (χ4n) is 1.93. The molecule has 0 aromatic rings. The first kappa shape index (κ1) is 11.0. The van der Waals surface area contributed by atoms with Gasteiger partial charge in [-0.05, 0) is 19.4 Å². The maximum absolute atomic E-state index is 6.12. The molecule has 2 atom stereocenters. The molecule has 1 rings (SSSR count). The number of hydrogen-bond donors (Lipinski definition) is 2. The molecule has 3 N–H and O–H groups in total. The Labute approximate surface area is 81.7 Å². The Morgan fingerprint density at radius 1 is 1.54 bits per heavy atom. The number of rotatable bonds is 3. The summed E-state index contributed by atoms with van der Waals surface area (Å²) >= 11 is 0. The van der Waals surface area contributed by atoms with E-state index in [9.17, 15) is 0 Å². The van der Waals surface area contributed by atoms with Crippen molar-refractivity contribution in [3.63, 3.8) is 0 Å². The van der Waals surface area contributed by atoms with Gasteiger partial charge < -0.3 is 16.0 Å². The van der Waals surface area contributed by atoms with E-state index in [1.165, 1.54) is 0 Å². The van der Waals surface area contributed by atoms with Crippen molar-refractivity contribution < 1.29 is 0 Å². The van der Waals surface area contributed by atoms with Gasteiger partial charge in [0.15, 0.2) is 0 Å². The van der Waals surface area contributed by atoms with Crippen LogP contribution in [0.3, 0.4) is 0 Å². The highest BCUT2D eigenvalue weighted by atomic mass is 15.2. The third-order valence-corrected chi connectivity index (χ3v) is 2.67. The molecule has 13 heavy (non-hydrogen) atoms. The van der Waals surface area contributed by atoms with Crippen molar-refractivity contribution in [2.45, 2.75) is 32.4 Å². The van der Waals surface area contributed by atoms with E-state index < -0.39 is 0 Å². The largest absolute Gasteiger partial charge is 0.326 e. The lowest BCUT2D eigenvalue weighted by Gasteiger charge is -2.35. The molecule has 0 radical (unpaired) electrons. The van der Waals surface area contributed by atoms with E-state index in [-0.39, 0.29) is 0 Å². The highest BCUT2D eigenvalue weighted by Crippen LogP contribution is 2.08. The summed E-state index contributed by atoms with van der Waals surface area (Å²) in [6.45, 7) is 7.77. The summed E-state index contributed by atoms with van der Waals surface area (Å²) in [5.41, 5.74) is 6.12. The molecule has 1 aliphatic heterocycles. The number of hydrogen-bond acceptors (Lipinski definition) is 3. The molecule has 78 valence electrons. The van der Waals surface area contributed by atoms with Crippen molar-refractivity contribution in [1.82, 2.24) is 10.2 Å². The molecule has 1 aliphatic rings. The molecule has 0 spiro atoms. The van der Waals surface area contributed by atoms with Crippen LogP contribution >= 0.6 is 0 Å². The second kappa shape index (κ2) is 4.94. The molecule has 0 aliphatic carbocycles. The van der Waals surface area contributed by atoms with Gasteiger partial charge in [0.1, 0.15) is 0 Å². The molecule has 1 fully saturated rings. The average Bonchev–Trinajstić information content (AvgIpc) is 2.03. The number of likely N-dealkylation sites (N-methyl/N-ethyl adjacent to an activating group) is 1. The molecule has 1 heterocycles. The zero-order valence-corrected chi connectivity index (χ0v) is 9.09. The van der Waals surface area contributed by atoms with E-state index in [4.69, 9.17) is 5.73 Å². The smallest absolute Gasteiger partial charge is 0.0347 e. The standard InChI is InChI=1S/C10H23N3/c1-8(2)6-9(11)10-7-13(3)5-4-12-10/h8-10,12H,4-7,11H2,1-3H3. The van der Waals surface area contributed by atoms with Gasteiger partial charge in [0, 0.05) is 31.7 Å². The second-order valence-electron chi connectivity index (χ2n) is 4.62. The molecular formula is C10H23N3. The number of nitrogens with two attached hydrogens (primary N) is 1. The van der Waals surface area contributed by atoms with E-state index in [1.54, 1.807) is 0 Å². The highest BCUT2D eigenvalue weighted by molar-refractivity contribution is 4.85. The van der Waals surface area contributed by atoms with E-state index in [2.05, 4.69) is 31.1 Å². The minimum Gasteiger partial charge on any atom is -0.326 e. The molecule has 0 bridgehead atoms. The zero-order valence-electron chi connectivity index (χ0n) is 9.09. The number of nitrogens with one attached hydrogen (secondary N) is 1. The number of nitrogens with zero attached hydrogens (tertiary/aromatic N) is 1. The topological polar surface area (TPSA) is 41.3 Å². The van der Waals surface area contributed by atoms with Crippen molar-refractivity contribution in [3.8, 4) is 0 Å². The highest BCUT2D eigenvalue weighted by Gasteiger charge is 2.22. The van der Waals surface area contributed by atoms with Crippen LogP contribution in [0.15, 0.2) is 0 Å². The van der Waals surface area contributed by atoms with E-state index in [0.29, 0.717) is 18.0 Å². The first-order valence-electron chi connectivity index (χ1n) is 5.27. The minimum absolute atomic E-state index is 0.308. The lowest BCUT2D eigenvalue weighted by Crippen LogP contribution is -2.57. The Morgan fingerprint density at radius 3 is 2.77 bits per heavy atom. The maximum atomic E-state index is 6.12. The summed E-state index contributed by atoms with van der Waals surface area (Å²) in [5, 5.41) is 3.49. The lowest BCUT2D eigenvalue weighted by molar-refractivity contribution is 0.210. The van der Waals surface area contributed by atoms with Crippen LogP contribution in [-0.2, 0) is 0 Å². The van der Waals surface area contributed by atoms with Crippen molar-refractivity contribution >= 4 is 0 Å². The maximum Gasteiger partial charge on any atom is 0.0347 e. The quantitative estimate of drug-likeness (QED) is 0.663. The van der Waals surface area contributed by atoms with E-state index in [0.717, 1.165) is 26.1 Å². The minimum atomic E-state index is 0.308. The van der Waals surface area contributed by atoms with Crippen LogP contribution in [0, 0.1) is 5.92 Å². The third kappa shape index (κ3) is 3.63. The summed E-state index contributed by atoms with van der Waals surface area (Å²) in [5.74, 6) is 0.698. The Balaban J connectivity index is 2.32. The molecule has 0 aromatic heterocycles. The van der Waals surface area contributed by atoms with Crippen LogP contribution in [0.2, 0.25) is 0 Å². The van der Waals surface area contributed by atoms with Crippen molar-refractivity contribution in [3.05, 3.63) is 0 Å². The van der Waals surface area contributed by atoms with Gasteiger partial charge in [0.25, 0.3) is 0 Å². The first-order chi connectivity index (χ1) is 6.09. The van der Waals surface area contributed by atoms with Gasteiger partial charge >= 0.3 is 0 Å². The summed E-state index contributed by atoms with van der Waals surface area (Å²) in [6, 6.07) is 0.795. The molecule has 0 saturated carbocycles. The van der Waals surface area contributed by atoms with Gasteiger partial charge in [0.2, 0.25) is 0 Å². The molecular weight excluding hydrogens is 162 g/mol. The fourth-order valence-corrected chi connectivity index (χ4v) is 1.93. The van der Waals surface area contributed by atoms with Gasteiger partial charge in [-0.15, -0.1) is 0 Å². The van der Waals surface area contributed by atoms with E-state index in [1.807, 2.05) is 0 Å². The molecule has 0 amide bonds. The summed E-state index contributed by atoms with van der Waals surface area (Å²) in [4.78, 5) is 2.35. The van der Waals surface area contributed by atoms with Crippen LogP contribution in [0.1, 0.15) is 20.3 Å². The van der Waals surface area contributed by atoms with Gasteiger partial charge in [0.05, 0.1) is 0 Å². The number of piperazine rings is 1. The molecule has 2 unspecified atom stereocenters. The predicted molar refractivity (Wildman–Crippen MR) is 56.7 cm³/mol. The Morgan fingerprint density at radius 2 is 2.23 bits per heavy atom.